The van der Waals surface area contributed by atoms with Crippen LogP contribution in [0.4, 0.5) is 5.69 Å². The summed E-state index contributed by atoms with van der Waals surface area (Å²) in [5.41, 5.74) is 2.90. The molecule has 0 aliphatic heterocycles. The van der Waals surface area contributed by atoms with Gasteiger partial charge in [-0.3, -0.25) is 0 Å². The molecule has 302 valence electrons. The summed E-state index contributed by atoms with van der Waals surface area (Å²) >= 11 is 0. The van der Waals surface area contributed by atoms with Crippen LogP contribution < -0.4 is 10.1 Å². The molecule has 0 fully saturated rings. The minimum atomic E-state index is -0.357. The molecule has 0 aliphatic carbocycles. The summed E-state index contributed by atoms with van der Waals surface area (Å²) in [5, 5.41) is 3.32. The lowest BCUT2D eigenvalue weighted by atomic mass is 10.0. The average Bonchev–Trinajstić information content (AvgIpc) is 3.18. The molecule has 0 saturated carbocycles. The van der Waals surface area contributed by atoms with Crippen molar-refractivity contribution in [2.75, 3.05) is 118 Å². The Balaban J connectivity index is 1.23. The van der Waals surface area contributed by atoms with Gasteiger partial charge < -0.3 is 47.9 Å². The van der Waals surface area contributed by atoms with E-state index in [-0.39, 0.29) is 12.6 Å². The third kappa shape index (κ3) is 27.5. The monoisotopic (exact) mass is 747 g/mol. The average molecular weight is 748 g/mol. The van der Waals surface area contributed by atoms with Crippen LogP contribution in [0, 0.1) is 0 Å². The van der Waals surface area contributed by atoms with Crippen molar-refractivity contribution in [1.82, 2.24) is 0 Å². The predicted octanol–water partition coefficient (Wildman–Crippen LogP) is 7.54. The van der Waals surface area contributed by atoms with E-state index in [1.165, 1.54) is 50.5 Å². The first-order valence-corrected chi connectivity index (χ1v) is 20.0. The first-order chi connectivity index (χ1) is 26.2. The molecule has 11 heteroatoms. The Kier molecular flexibility index (Phi) is 30.6. The molecule has 0 amide bonds. The highest BCUT2D eigenvalue weighted by atomic mass is 16.6. The van der Waals surface area contributed by atoms with E-state index in [0.29, 0.717) is 105 Å². The Hall–Kier alpha value is -2.77. The molecule has 0 bridgehead atoms. The van der Waals surface area contributed by atoms with Crippen LogP contribution >= 0.6 is 0 Å². The van der Waals surface area contributed by atoms with Gasteiger partial charge in [0.1, 0.15) is 19.0 Å². The smallest absolute Gasteiger partial charge is 0.338 e. The van der Waals surface area contributed by atoms with Gasteiger partial charge in [0.05, 0.1) is 98.1 Å². The van der Waals surface area contributed by atoms with E-state index in [2.05, 4.69) is 43.4 Å². The predicted molar refractivity (Wildman–Crippen MR) is 209 cm³/mol. The number of anilines is 1. The lowest BCUT2D eigenvalue weighted by Gasteiger charge is -2.09. The molecule has 1 N–H and O–H groups in total. The van der Waals surface area contributed by atoms with Crippen LogP contribution in [0.2, 0.25) is 0 Å². The van der Waals surface area contributed by atoms with Gasteiger partial charge in [-0.25, -0.2) is 4.79 Å². The van der Waals surface area contributed by atoms with E-state index in [4.69, 9.17) is 42.6 Å². The number of hydrogen-bond acceptors (Lipinski definition) is 11. The maximum atomic E-state index is 12.1. The molecule has 2 rings (SSSR count). The summed E-state index contributed by atoms with van der Waals surface area (Å²) in [6, 6.07) is 15.8. The zero-order valence-corrected chi connectivity index (χ0v) is 32.8. The number of benzene rings is 2. The van der Waals surface area contributed by atoms with Crippen LogP contribution in [-0.4, -0.2) is 118 Å². The molecule has 0 saturated heterocycles. The molecule has 11 nitrogen and oxygen atoms in total. The maximum absolute atomic E-state index is 12.1. The first kappa shape index (κ1) is 46.4. The van der Waals surface area contributed by atoms with Crippen molar-refractivity contribution in [1.29, 1.82) is 0 Å². The topological polar surface area (TPSA) is 112 Å². The number of aryl methyl sites for hydroxylation is 1. The fourth-order valence-electron chi connectivity index (χ4n) is 5.09. The largest absolute Gasteiger partial charge is 0.491 e. The molecule has 0 heterocycles. The second-order valence-electron chi connectivity index (χ2n) is 12.6. The van der Waals surface area contributed by atoms with Gasteiger partial charge in [-0.2, -0.15) is 0 Å². The fourth-order valence-corrected chi connectivity index (χ4v) is 5.09. The number of carbonyl (C=O) groups excluding carboxylic acids is 1. The minimum Gasteiger partial charge on any atom is -0.491 e. The summed E-state index contributed by atoms with van der Waals surface area (Å²) in [6.07, 6.45) is 12.7. The van der Waals surface area contributed by atoms with Crippen molar-refractivity contribution in [3.63, 3.8) is 0 Å². The van der Waals surface area contributed by atoms with Crippen molar-refractivity contribution >= 4 is 11.7 Å². The highest BCUT2D eigenvalue weighted by Crippen LogP contribution is 2.15. The van der Waals surface area contributed by atoms with Gasteiger partial charge in [-0.05, 0) is 61.2 Å². The van der Waals surface area contributed by atoms with Crippen molar-refractivity contribution < 1.29 is 47.4 Å². The standard InChI is InChI=1S/C42H69NO10/c1-3-5-7-8-9-10-11-12-38-13-19-41(20-14-38)52-36-34-50-32-30-48-28-26-46-24-22-45-23-25-47-27-29-49-31-33-51-35-37-53-42(44)39-15-17-40(18-16-39)43-21-6-4-2/h13-20,43H,3-12,21-37H2,1-2H3. The lowest BCUT2D eigenvalue weighted by molar-refractivity contribution is -0.0228. The molecule has 0 spiro atoms. The molecule has 0 unspecified atom stereocenters. The Bertz CT molecular complexity index is 1090. The molecule has 53 heavy (non-hydrogen) atoms. The van der Waals surface area contributed by atoms with E-state index in [1.54, 1.807) is 12.1 Å². The van der Waals surface area contributed by atoms with E-state index < -0.39 is 0 Å². The van der Waals surface area contributed by atoms with Gasteiger partial charge in [0.15, 0.2) is 0 Å². The maximum Gasteiger partial charge on any atom is 0.338 e. The number of rotatable bonds is 38. The van der Waals surface area contributed by atoms with Gasteiger partial charge in [0.2, 0.25) is 0 Å². The number of ether oxygens (including phenoxy) is 9. The summed E-state index contributed by atoms with van der Waals surface area (Å²) in [6.45, 7) is 12.8. The highest BCUT2D eigenvalue weighted by Gasteiger charge is 2.07. The van der Waals surface area contributed by atoms with Crippen molar-refractivity contribution in [2.24, 2.45) is 0 Å². The number of unbranched alkanes of at least 4 members (excludes halogenated alkanes) is 7. The second-order valence-corrected chi connectivity index (χ2v) is 12.6. The molecule has 2 aromatic rings. The Morgan fingerprint density at radius 1 is 0.472 bits per heavy atom. The van der Waals surface area contributed by atoms with Crippen molar-refractivity contribution in [3.8, 4) is 5.75 Å². The molecule has 0 aromatic heterocycles. The molecule has 0 aliphatic rings. The number of esters is 1. The minimum absolute atomic E-state index is 0.194. The summed E-state index contributed by atoms with van der Waals surface area (Å²) in [5.74, 6) is 0.526. The zero-order chi connectivity index (χ0) is 37.7. The van der Waals surface area contributed by atoms with Crippen LogP contribution in [0.5, 0.6) is 5.75 Å². The molecular weight excluding hydrogens is 678 g/mol. The molecule has 0 radical (unpaired) electrons. The highest BCUT2D eigenvalue weighted by molar-refractivity contribution is 5.89. The summed E-state index contributed by atoms with van der Waals surface area (Å²) in [4.78, 5) is 12.1. The number of carbonyl (C=O) groups is 1. The second kappa shape index (κ2) is 35.0. The molecule has 0 atom stereocenters. The van der Waals surface area contributed by atoms with Gasteiger partial charge in [0.25, 0.3) is 0 Å². The fraction of sp³-hybridized carbons (Fsp3) is 0.690. The van der Waals surface area contributed by atoms with Crippen LogP contribution in [0.3, 0.4) is 0 Å². The molecular formula is C42H69NO10. The Morgan fingerprint density at radius 2 is 0.906 bits per heavy atom. The third-order valence-corrected chi connectivity index (χ3v) is 8.16. The summed E-state index contributed by atoms with van der Waals surface area (Å²) in [7, 11) is 0. The third-order valence-electron chi connectivity index (χ3n) is 8.16. The van der Waals surface area contributed by atoms with Gasteiger partial charge in [-0.1, -0.05) is 70.9 Å². The first-order valence-electron chi connectivity index (χ1n) is 20.0. The van der Waals surface area contributed by atoms with Gasteiger partial charge >= 0.3 is 5.97 Å². The molecule has 2 aromatic carbocycles. The van der Waals surface area contributed by atoms with E-state index in [9.17, 15) is 4.79 Å². The van der Waals surface area contributed by atoms with Crippen LogP contribution in [0.15, 0.2) is 48.5 Å². The van der Waals surface area contributed by atoms with Crippen LogP contribution in [-0.2, 0) is 44.3 Å². The van der Waals surface area contributed by atoms with Crippen LogP contribution in [0.25, 0.3) is 0 Å². The van der Waals surface area contributed by atoms with Gasteiger partial charge in [0, 0.05) is 12.2 Å². The SMILES string of the molecule is CCCCCCCCCc1ccc(OCCOCCOCCOCCOCCOCCOCCOCCOC(=O)c2ccc(NCCCC)cc2)cc1. The normalized spacial score (nSPS) is 11.2. The van der Waals surface area contributed by atoms with Gasteiger partial charge in [-0.15, -0.1) is 0 Å². The van der Waals surface area contributed by atoms with Crippen LogP contribution in [0.1, 0.15) is 87.6 Å². The lowest BCUT2D eigenvalue weighted by Crippen LogP contribution is -2.15. The number of hydrogen-bond donors (Lipinski definition) is 1. The Morgan fingerprint density at radius 3 is 1.40 bits per heavy atom. The summed E-state index contributed by atoms with van der Waals surface area (Å²) < 4.78 is 49.7. The zero-order valence-electron chi connectivity index (χ0n) is 32.8. The quantitative estimate of drug-likeness (QED) is 0.0543. The van der Waals surface area contributed by atoms with Crippen molar-refractivity contribution in [2.45, 2.75) is 78.1 Å². The number of nitrogens with one attached hydrogen (secondary N) is 1. The van der Waals surface area contributed by atoms with Crippen molar-refractivity contribution in [3.05, 3.63) is 59.7 Å². The van der Waals surface area contributed by atoms with E-state index >= 15 is 0 Å². The van der Waals surface area contributed by atoms with E-state index in [1.807, 2.05) is 12.1 Å². The Labute approximate surface area is 319 Å². The van der Waals surface area contributed by atoms with E-state index in [0.717, 1.165) is 37.2 Å².